The molecule has 0 radical (unpaired) electrons. The van der Waals surface area contributed by atoms with Gasteiger partial charge < -0.3 is 0 Å². The molecular formula is C20H14O4S. The molecule has 25 heavy (non-hydrogen) atoms. The molecule has 3 aromatic rings. The minimum atomic E-state index is -4.22. The molecule has 0 aromatic heterocycles. The first-order valence-electron chi connectivity index (χ1n) is 7.77. The van der Waals surface area contributed by atoms with Crippen molar-refractivity contribution in [1.29, 1.82) is 0 Å². The summed E-state index contributed by atoms with van der Waals surface area (Å²) in [6.45, 7) is 0. The van der Waals surface area contributed by atoms with Gasteiger partial charge in [-0.1, -0.05) is 48.5 Å². The molecule has 5 heteroatoms. The van der Waals surface area contributed by atoms with E-state index >= 15 is 0 Å². The molecule has 0 fully saturated rings. The molecule has 0 saturated carbocycles. The lowest BCUT2D eigenvalue weighted by Crippen LogP contribution is -2.01. The van der Waals surface area contributed by atoms with Crippen LogP contribution >= 0.6 is 0 Å². The van der Waals surface area contributed by atoms with Crippen LogP contribution in [-0.2, 0) is 16.5 Å². The van der Waals surface area contributed by atoms with Crippen molar-refractivity contribution >= 4 is 15.9 Å². The maximum absolute atomic E-state index is 12.6. The Bertz CT molecular complexity index is 1100. The lowest BCUT2D eigenvalue weighted by Gasteiger charge is -2.05. The van der Waals surface area contributed by atoms with Crippen molar-refractivity contribution in [1.82, 2.24) is 0 Å². The van der Waals surface area contributed by atoms with E-state index in [-0.39, 0.29) is 10.7 Å². The lowest BCUT2D eigenvalue weighted by atomic mass is 9.98. The molecule has 1 N–H and O–H groups in total. The van der Waals surface area contributed by atoms with Crippen LogP contribution in [0.15, 0.2) is 71.6 Å². The van der Waals surface area contributed by atoms with Gasteiger partial charge >= 0.3 is 0 Å². The fourth-order valence-electron chi connectivity index (χ4n) is 3.24. The predicted molar refractivity (Wildman–Crippen MR) is 94.4 cm³/mol. The van der Waals surface area contributed by atoms with Crippen molar-refractivity contribution in [3.8, 4) is 11.1 Å². The number of fused-ring (bicyclic) bond motifs is 3. The summed E-state index contributed by atoms with van der Waals surface area (Å²) in [4.78, 5) is 12.5. The summed E-state index contributed by atoms with van der Waals surface area (Å²) in [6.07, 6.45) is 0.532. The highest BCUT2D eigenvalue weighted by atomic mass is 32.2. The van der Waals surface area contributed by atoms with Gasteiger partial charge in [0.15, 0.2) is 5.78 Å². The first-order valence-corrected chi connectivity index (χ1v) is 9.21. The monoisotopic (exact) mass is 350 g/mol. The second-order valence-corrected chi connectivity index (χ2v) is 7.46. The Hall–Kier alpha value is -2.76. The third-order valence-electron chi connectivity index (χ3n) is 4.45. The molecule has 4 rings (SSSR count). The molecule has 1 aliphatic rings. The minimum Gasteiger partial charge on any atom is -0.289 e. The Kier molecular flexibility index (Phi) is 3.56. The SMILES string of the molecule is O=C(c1ccccc1)c1ccc2c(c1)Cc1cc(S(=O)(=O)O)ccc1-2. The summed E-state index contributed by atoms with van der Waals surface area (Å²) in [5.74, 6) is -0.0435. The maximum Gasteiger partial charge on any atom is 0.294 e. The molecule has 0 saturated heterocycles. The Balaban J connectivity index is 1.73. The van der Waals surface area contributed by atoms with Crippen molar-refractivity contribution in [2.45, 2.75) is 11.3 Å². The van der Waals surface area contributed by atoms with E-state index in [1.54, 1.807) is 24.3 Å². The third kappa shape index (κ3) is 2.77. The van der Waals surface area contributed by atoms with Gasteiger partial charge in [-0.25, -0.2) is 0 Å². The average molecular weight is 350 g/mol. The normalized spacial score (nSPS) is 12.5. The van der Waals surface area contributed by atoms with Gasteiger partial charge in [-0.2, -0.15) is 8.42 Å². The van der Waals surface area contributed by atoms with Crippen LogP contribution in [0, 0.1) is 0 Å². The van der Waals surface area contributed by atoms with Gasteiger partial charge in [0.05, 0.1) is 4.90 Å². The zero-order valence-corrected chi connectivity index (χ0v) is 14.0. The first-order chi connectivity index (χ1) is 11.9. The van der Waals surface area contributed by atoms with Crippen LogP contribution < -0.4 is 0 Å². The molecule has 0 amide bonds. The molecule has 0 atom stereocenters. The zero-order valence-electron chi connectivity index (χ0n) is 13.1. The number of ketones is 1. The van der Waals surface area contributed by atoms with E-state index in [0.717, 1.165) is 22.3 Å². The van der Waals surface area contributed by atoms with Gasteiger partial charge in [0.25, 0.3) is 10.1 Å². The Labute approximate surface area is 145 Å². The van der Waals surface area contributed by atoms with E-state index in [4.69, 9.17) is 0 Å². The quantitative estimate of drug-likeness (QED) is 0.451. The molecule has 0 heterocycles. The van der Waals surface area contributed by atoms with Crippen LogP contribution in [0.2, 0.25) is 0 Å². The van der Waals surface area contributed by atoms with Crippen molar-refractivity contribution in [2.24, 2.45) is 0 Å². The summed E-state index contributed by atoms with van der Waals surface area (Å²) in [6, 6.07) is 19.2. The minimum absolute atomic E-state index is 0.0435. The zero-order chi connectivity index (χ0) is 17.6. The summed E-state index contributed by atoms with van der Waals surface area (Å²) < 4.78 is 31.8. The van der Waals surface area contributed by atoms with Gasteiger partial charge in [0, 0.05) is 11.1 Å². The number of carbonyl (C=O) groups excluding carboxylic acids is 1. The van der Waals surface area contributed by atoms with Gasteiger partial charge in [0.1, 0.15) is 0 Å². The van der Waals surface area contributed by atoms with E-state index in [1.807, 2.05) is 30.3 Å². The summed E-state index contributed by atoms with van der Waals surface area (Å²) >= 11 is 0. The van der Waals surface area contributed by atoms with E-state index in [1.165, 1.54) is 12.1 Å². The number of hydrogen-bond donors (Lipinski definition) is 1. The molecule has 0 spiro atoms. The fraction of sp³-hybridized carbons (Fsp3) is 0.0500. The Morgan fingerprint density at radius 2 is 1.44 bits per heavy atom. The standard InChI is InChI=1S/C20H14O4S/c21-20(13-4-2-1-3-5-13)14-6-8-18-15(10-14)11-16-12-17(25(22,23)24)7-9-19(16)18/h1-10,12H,11H2,(H,22,23,24). The summed E-state index contributed by atoms with van der Waals surface area (Å²) in [5.41, 5.74) is 4.96. The third-order valence-corrected chi connectivity index (χ3v) is 5.30. The number of hydrogen-bond acceptors (Lipinski definition) is 3. The topological polar surface area (TPSA) is 71.4 Å². The summed E-state index contributed by atoms with van der Waals surface area (Å²) in [7, 11) is -4.22. The van der Waals surface area contributed by atoms with Crippen LogP contribution in [0.25, 0.3) is 11.1 Å². The molecule has 4 nitrogen and oxygen atoms in total. The van der Waals surface area contributed by atoms with Crippen LogP contribution in [0.3, 0.4) is 0 Å². The number of rotatable bonds is 3. The molecular weight excluding hydrogens is 336 g/mol. The number of benzene rings is 3. The lowest BCUT2D eigenvalue weighted by molar-refractivity contribution is 0.103. The average Bonchev–Trinajstić information content (AvgIpc) is 2.98. The molecule has 124 valence electrons. The fourth-order valence-corrected chi connectivity index (χ4v) is 3.78. The highest BCUT2D eigenvalue weighted by molar-refractivity contribution is 7.85. The van der Waals surface area contributed by atoms with E-state index < -0.39 is 10.1 Å². The van der Waals surface area contributed by atoms with Gasteiger partial charge in [-0.15, -0.1) is 0 Å². The molecule has 1 aliphatic carbocycles. The van der Waals surface area contributed by atoms with Crippen LogP contribution in [-0.4, -0.2) is 18.8 Å². The molecule has 0 unspecified atom stereocenters. The van der Waals surface area contributed by atoms with Crippen molar-refractivity contribution in [2.75, 3.05) is 0 Å². The maximum atomic E-state index is 12.6. The van der Waals surface area contributed by atoms with Crippen molar-refractivity contribution in [3.05, 3.63) is 89.0 Å². The second-order valence-electron chi connectivity index (χ2n) is 6.04. The Morgan fingerprint density at radius 3 is 2.12 bits per heavy atom. The largest absolute Gasteiger partial charge is 0.294 e. The Morgan fingerprint density at radius 1 is 0.800 bits per heavy atom. The van der Waals surface area contributed by atoms with Crippen LogP contribution in [0.4, 0.5) is 0 Å². The molecule has 0 aliphatic heterocycles. The van der Waals surface area contributed by atoms with Crippen LogP contribution in [0.1, 0.15) is 27.0 Å². The molecule has 0 bridgehead atoms. The number of carbonyl (C=O) groups is 1. The van der Waals surface area contributed by atoms with Crippen molar-refractivity contribution < 1.29 is 17.8 Å². The highest BCUT2D eigenvalue weighted by Gasteiger charge is 2.22. The van der Waals surface area contributed by atoms with E-state index in [0.29, 0.717) is 17.5 Å². The van der Waals surface area contributed by atoms with Crippen molar-refractivity contribution in [3.63, 3.8) is 0 Å². The first kappa shape index (κ1) is 15.7. The van der Waals surface area contributed by atoms with Gasteiger partial charge in [-0.05, 0) is 46.9 Å². The van der Waals surface area contributed by atoms with E-state index in [2.05, 4.69) is 0 Å². The van der Waals surface area contributed by atoms with E-state index in [9.17, 15) is 17.8 Å². The molecule has 3 aromatic carbocycles. The van der Waals surface area contributed by atoms with Gasteiger partial charge in [0.2, 0.25) is 0 Å². The van der Waals surface area contributed by atoms with Crippen LogP contribution in [0.5, 0.6) is 0 Å². The van der Waals surface area contributed by atoms with Gasteiger partial charge in [-0.3, -0.25) is 9.35 Å². The second kappa shape index (κ2) is 5.65. The predicted octanol–water partition coefficient (Wildman–Crippen LogP) is 3.74. The highest BCUT2D eigenvalue weighted by Crippen LogP contribution is 2.38. The smallest absolute Gasteiger partial charge is 0.289 e. The summed E-state index contributed by atoms with van der Waals surface area (Å²) in [5, 5.41) is 0.